The maximum Gasteiger partial charge on any atom is 0.251 e. The molecule has 0 radical (unpaired) electrons. The van der Waals surface area contributed by atoms with Gasteiger partial charge in [-0.25, -0.2) is 4.98 Å². The van der Waals surface area contributed by atoms with E-state index in [2.05, 4.69) is 9.97 Å². The second-order valence-electron chi connectivity index (χ2n) is 3.34. The van der Waals surface area contributed by atoms with Crippen molar-refractivity contribution < 1.29 is 9.47 Å². The van der Waals surface area contributed by atoms with E-state index in [9.17, 15) is 4.79 Å². The van der Waals surface area contributed by atoms with Crippen molar-refractivity contribution in [2.45, 2.75) is 32.2 Å². The number of rotatable bonds is 7. The van der Waals surface area contributed by atoms with E-state index in [-0.39, 0.29) is 11.8 Å². The number of aromatic amines is 1. The zero-order valence-corrected chi connectivity index (χ0v) is 11.2. The van der Waals surface area contributed by atoms with Crippen LogP contribution in [0.15, 0.2) is 16.0 Å². The summed E-state index contributed by atoms with van der Waals surface area (Å²) in [5, 5.41) is 0.597. The van der Waals surface area contributed by atoms with Gasteiger partial charge in [-0.05, 0) is 20.8 Å². The molecule has 0 saturated carbocycles. The fourth-order valence-electron chi connectivity index (χ4n) is 1.28. The van der Waals surface area contributed by atoms with E-state index in [1.54, 1.807) is 6.92 Å². The molecule has 6 heteroatoms. The highest BCUT2D eigenvalue weighted by Crippen LogP contribution is 2.14. The quantitative estimate of drug-likeness (QED) is 0.457. The van der Waals surface area contributed by atoms with E-state index in [1.807, 2.05) is 13.8 Å². The first kappa shape index (κ1) is 14.2. The largest absolute Gasteiger partial charge is 0.352 e. The molecule has 0 fully saturated rings. The first-order chi connectivity index (χ1) is 8.15. The molecule has 0 bridgehead atoms. The first-order valence-electron chi connectivity index (χ1n) is 5.59. The maximum absolute atomic E-state index is 11.2. The summed E-state index contributed by atoms with van der Waals surface area (Å²) in [5.41, 5.74) is 0.574. The molecule has 0 atom stereocenters. The van der Waals surface area contributed by atoms with E-state index in [0.29, 0.717) is 29.8 Å². The van der Waals surface area contributed by atoms with E-state index in [4.69, 9.17) is 9.47 Å². The Morgan fingerprint density at radius 3 is 2.59 bits per heavy atom. The summed E-state index contributed by atoms with van der Waals surface area (Å²) in [5.74, 6) is 0.605. The number of aromatic nitrogens is 2. The summed E-state index contributed by atoms with van der Waals surface area (Å²) in [7, 11) is 0. The summed E-state index contributed by atoms with van der Waals surface area (Å²) < 4.78 is 10.8. The van der Waals surface area contributed by atoms with Crippen molar-refractivity contribution in [2.24, 2.45) is 0 Å². The van der Waals surface area contributed by atoms with E-state index < -0.39 is 0 Å². The van der Waals surface area contributed by atoms with Gasteiger partial charge in [-0.3, -0.25) is 4.79 Å². The number of hydrogen-bond acceptors (Lipinski definition) is 5. The fraction of sp³-hybridized carbons (Fsp3) is 0.636. The molecule has 17 heavy (non-hydrogen) atoms. The minimum atomic E-state index is -0.263. The zero-order chi connectivity index (χ0) is 12.7. The lowest BCUT2D eigenvalue weighted by atomic mass is 10.5. The molecular formula is C11H18N2O3S. The Hall–Kier alpha value is -0.850. The van der Waals surface area contributed by atoms with Crippen molar-refractivity contribution in [3.63, 3.8) is 0 Å². The summed E-state index contributed by atoms with van der Waals surface area (Å²) >= 11 is 1.42. The molecule has 0 aromatic carbocycles. The lowest BCUT2D eigenvalue weighted by Crippen LogP contribution is -2.20. The molecule has 0 aliphatic rings. The Labute approximate surface area is 105 Å². The van der Waals surface area contributed by atoms with E-state index >= 15 is 0 Å². The Balaban J connectivity index is 2.55. The molecule has 0 amide bonds. The molecular weight excluding hydrogens is 240 g/mol. The average Bonchev–Trinajstić information content (AvgIpc) is 2.25. The smallest absolute Gasteiger partial charge is 0.251 e. The van der Waals surface area contributed by atoms with E-state index in [1.165, 1.54) is 17.8 Å². The summed E-state index contributed by atoms with van der Waals surface area (Å²) in [6.45, 7) is 6.83. The van der Waals surface area contributed by atoms with Crippen LogP contribution in [0.3, 0.4) is 0 Å². The van der Waals surface area contributed by atoms with Crippen LogP contribution in [-0.4, -0.2) is 35.2 Å². The normalized spacial score (nSPS) is 11.1. The predicted molar refractivity (Wildman–Crippen MR) is 67.4 cm³/mol. The van der Waals surface area contributed by atoms with Gasteiger partial charge in [-0.1, -0.05) is 11.8 Å². The SMILES string of the molecule is CCOC(CSc1nc(C)cc(=O)[nH]1)OCC. The number of ether oxygens (including phenoxy) is 2. The Kier molecular flexibility index (Phi) is 6.25. The Morgan fingerprint density at radius 1 is 1.41 bits per heavy atom. The van der Waals surface area contributed by atoms with Crippen molar-refractivity contribution in [1.29, 1.82) is 0 Å². The van der Waals surface area contributed by atoms with Gasteiger partial charge < -0.3 is 14.5 Å². The Morgan fingerprint density at radius 2 is 2.06 bits per heavy atom. The molecule has 96 valence electrons. The van der Waals surface area contributed by atoms with E-state index in [0.717, 1.165) is 0 Å². The van der Waals surface area contributed by atoms with Gasteiger partial charge in [0.2, 0.25) is 0 Å². The van der Waals surface area contributed by atoms with Gasteiger partial charge in [0.1, 0.15) is 0 Å². The molecule has 0 aliphatic heterocycles. The molecule has 1 N–H and O–H groups in total. The third kappa shape index (κ3) is 5.34. The fourth-order valence-corrected chi connectivity index (χ4v) is 2.15. The highest BCUT2D eigenvalue weighted by atomic mass is 32.2. The monoisotopic (exact) mass is 258 g/mol. The van der Waals surface area contributed by atoms with Crippen LogP contribution in [-0.2, 0) is 9.47 Å². The number of thioether (sulfide) groups is 1. The predicted octanol–water partition coefficient (Wildman–Crippen LogP) is 1.57. The van der Waals surface area contributed by atoms with Crippen LogP contribution in [0, 0.1) is 6.92 Å². The third-order valence-corrected chi connectivity index (χ3v) is 2.81. The van der Waals surface area contributed by atoms with Gasteiger partial charge in [0.25, 0.3) is 5.56 Å². The number of aryl methyl sites for hydroxylation is 1. The minimum Gasteiger partial charge on any atom is -0.352 e. The molecule has 5 nitrogen and oxygen atoms in total. The van der Waals surface area contributed by atoms with Crippen LogP contribution in [0.25, 0.3) is 0 Å². The van der Waals surface area contributed by atoms with Gasteiger partial charge >= 0.3 is 0 Å². The molecule has 1 aromatic heterocycles. The van der Waals surface area contributed by atoms with Gasteiger partial charge in [0, 0.05) is 25.0 Å². The molecule has 0 aliphatic carbocycles. The summed E-state index contributed by atoms with van der Waals surface area (Å²) in [6, 6.07) is 1.46. The van der Waals surface area contributed by atoms with Gasteiger partial charge in [0.05, 0.1) is 5.75 Å². The topological polar surface area (TPSA) is 64.2 Å². The van der Waals surface area contributed by atoms with Crippen molar-refractivity contribution in [3.05, 3.63) is 22.1 Å². The van der Waals surface area contributed by atoms with Crippen molar-refractivity contribution >= 4 is 11.8 Å². The van der Waals surface area contributed by atoms with Gasteiger partial charge in [-0.2, -0.15) is 0 Å². The summed E-state index contributed by atoms with van der Waals surface area (Å²) in [6.07, 6.45) is -0.263. The Bertz CT molecular complexity index is 389. The molecule has 1 heterocycles. The van der Waals surface area contributed by atoms with Crippen molar-refractivity contribution in [1.82, 2.24) is 9.97 Å². The second-order valence-corrected chi connectivity index (χ2v) is 4.35. The van der Waals surface area contributed by atoms with Crippen LogP contribution >= 0.6 is 11.8 Å². The molecule has 1 rings (SSSR count). The number of hydrogen-bond donors (Lipinski definition) is 1. The third-order valence-electron chi connectivity index (χ3n) is 1.91. The van der Waals surface area contributed by atoms with Gasteiger partial charge in [-0.15, -0.1) is 0 Å². The number of nitrogens with zero attached hydrogens (tertiary/aromatic N) is 1. The highest BCUT2D eigenvalue weighted by Gasteiger charge is 2.09. The van der Waals surface area contributed by atoms with Crippen LogP contribution in [0.1, 0.15) is 19.5 Å². The van der Waals surface area contributed by atoms with Crippen molar-refractivity contribution in [3.8, 4) is 0 Å². The average molecular weight is 258 g/mol. The van der Waals surface area contributed by atoms with Crippen molar-refractivity contribution in [2.75, 3.05) is 19.0 Å². The highest BCUT2D eigenvalue weighted by molar-refractivity contribution is 7.99. The first-order valence-corrected chi connectivity index (χ1v) is 6.58. The summed E-state index contributed by atoms with van der Waals surface area (Å²) in [4.78, 5) is 18.1. The van der Waals surface area contributed by atoms with Crippen LogP contribution in [0.5, 0.6) is 0 Å². The minimum absolute atomic E-state index is 0.135. The number of nitrogens with one attached hydrogen (secondary N) is 1. The van der Waals surface area contributed by atoms with Crippen LogP contribution in [0.2, 0.25) is 0 Å². The van der Waals surface area contributed by atoms with Gasteiger partial charge in [0.15, 0.2) is 11.4 Å². The van der Waals surface area contributed by atoms with Crippen LogP contribution < -0.4 is 5.56 Å². The molecule has 0 saturated heterocycles. The molecule has 0 unspecified atom stereocenters. The molecule has 1 aromatic rings. The second kappa shape index (κ2) is 7.47. The standard InChI is InChI=1S/C11H18N2O3S/c1-4-15-10(16-5-2)7-17-11-12-8(3)6-9(14)13-11/h6,10H,4-5,7H2,1-3H3,(H,12,13,14). The lowest BCUT2D eigenvalue weighted by molar-refractivity contribution is -0.120. The molecule has 0 spiro atoms. The van der Waals surface area contributed by atoms with Crippen LogP contribution in [0.4, 0.5) is 0 Å². The zero-order valence-electron chi connectivity index (χ0n) is 10.4. The number of H-pyrrole nitrogens is 1. The maximum atomic E-state index is 11.2. The lowest BCUT2D eigenvalue weighted by Gasteiger charge is -2.15.